The van der Waals surface area contributed by atoms with E-state index in [1.54, 1.807) is 12.3 Å². The zero-order chi connectivity index (χ0) is 16.9. The van der Waals surface area contributed by atoms with E-state index in [2.05, 4.69) is 9.88 Å². The van der Waals surface area contributed by atoms with Gasteiger partial charge in [-0.05, 0) is 31.9 Å². The highest BCUT2D eigenvalue weighted by atomic mass is 19.1. The van der Waals surface area contributed by atoms with Gasteiger partial charge in [-0.1, -0.05) is 12.8 Å². The molecule has 2 saturated heterocycles. The van der Waals surface area contributed by atoms with Crippen LogP contribution in [-0.2, 0) is 4.79 Å². The molecule has 0 bridgehead atoms. The maximum absolute atomic E-state index is 13.9. The first-order valence-electron chi connectivity index (χ1n) is 9.05. The molecule has 1 amide bonds. The summed E-state index contributed by atoms with van der Waals surface area (Å²) in [7, 11) is 0. The minimum atomic E-state index is -0.278. The van der Waals surface area contributed by atoms with Gasteiger partial charge in [-0.15, -0.1) is 0 Å². The molecule has 3 heterocycles. The lowest BCUT2D eigenvalue weighted by Crippen LogP contribution is -2.55. The van der Waals surface area contributed by atoms with Gasteiger partial charge in [0.15, 0.2) is 11.6 Å². The number of carbonyl (C=O) groups is 1. The number of aromatic nitrogens is 1. The van der Waals surface area contributed by atoms with E-state index >= 15 is 0 Å². The Hall–Kier alpha value is -1.69. The largest absolute Gasteiger partial charge is 0.352 e. The van der Waals surface area contributed by atoms with Gasteiger partial charge in [0.2, 0.25) is 5.91 Å². The Morgan fingerprint density at radius 2 is 1.75 bits per heavy atom. The van der Waals surface area contributed by atoms with Crippen molar-refractivity contribution in [2.45, 2.75) is 38.6 Å². The molecule has 1 aromatic heterocycles. The molecule has 0 spiro atoms. The topological polar surface area (TPSA) is 39.7 Å². The number of anilines is 1. The van der Waals surface area contributed by atoms with Crippen LogP contribution in [0.25, 0.3) is 0 Å². The van der Waals surface area contributed by atoms with E-state index < -0.39 is 0 Å². The average Bonchev–Trinajstić information content (AvgIpc) is 2.90. The SMILES string of the molecule is CC(C(=O)N1CCCCCC1)N1CCN(c2ncccc2F)CC1. The third-order valence-electron chi connectivity index (χ3n) is 5.18. The van der Waals surface area contributed by atoms with Crippen molar-refractivity contribution in [3.8, 4) is 0 Å². The van der Waals surface area contributed by atoms with Crippen molar-refractivity contribution >= 4 is 11.7 Å². The zero-order valence-electron chi connectivity index (χ0n) is 14.5. The molecule has 24 heavy (non-hydrogen) atoms. The Bertz CT molecular complexity index is 552. The lowest BCUT2D eigenvalue weighted by molar-refractivity contribution is -0.136. The van der Waals surface area contributed by atoms with Crippen molar-refractivity contribution in [2.24, 2.45) is 0 Å². The molecule has 2 aliphatic heterocycles. The molecule has 132 valence electrons. The number of likely N-dealkylation sites (tertiary alicyclic amines) is 1. The van der Waals surface area contributed by atoms with Crippen molar-refractivity contribution in [2.75, 3.05) is 44.2 Å². The monoisotopic (exact) mass is 334 g/mol. The van der Waals surface area contributed by atoms with Crippen LogP contribution in [-0.4, -0.2) is 66.0 Å². The summed E-state index contributed by atoms with van der Waals surface area (Å²) in [5.41, 5.74) is 0. The number of piperazine rings is 1. The standard InChI is InChI=1S/C18H27FN4O/c1-15(18(24)23-9-4-2-3-5-10-23)21-11-13-22(14-12-21)17-16(19)7-6-8-20-17/h6-8,15H,2-5,9-14H2,1H3. The molecule has 0 saturated carbocycles. The van der Waals surface area contributed by atoms with Crippen LogP contribution < -0.4 is 4.90 Å². The fraction of sp³-hybridized carbons (Fsp3) is 0.667. The smallest absolute Gasteiger partial charge is 0.239 e. The van der Waals surface area contributed by atoms with E-state index in [-0.39, 0.29) is 17.8 Å². The van der Waals surface area contributed by atoms with E-state index in [4.69, 9.17) is 0 Å². The number of halogens is 1. The predicted molar refractivity (Wildman–Crippen MR) is 92.5 cm³/mol. The number of rotatable bonds is 3. The molecule has 5 nitrogen and oxygen atoms in total. The third-order valence-corrected chi connectivity index (χ3v) is 5.18. The summed E-state index contributed by atoms with van der Waals surface area (Å²) >= 11 is 0. The normalized spacial score (nSPS) is 21.4. The van der Waals surface area contributed by atoms with Crippen molar-refractivity contribution in [1.82, 2.24) is 14.8 Å². The first-order valence-corrected chi connectivity index (χ1v) is 9.05. The van der Waals surface area contributed by atoms with Crippen LogP contribution in [0.4, 0.5) is 10.2 Å². The van der Waals surface area contributed by atoms with Gasteiger partial charge in [0.25, 0.3) is 0 Å². The highest BCUT2D eigenvalue weighted by Crippen LogP contribution is 2.19. The van der Waals surface area contributed by atoms with Crippen molar-refractivity contribution < 1.29 is 9.18 Å². The van der Waals surface area contributed by atoms with Crippen molar-refractivity contribution in [3.63, 3.8) is 0 Å². The van der Waals surface area contributed by atoms with Gasteiger partial charge in [-0.2, -0.15) is 0 Å². The van der Waals surface area contributed by atoms with Crippen LogP contribution in [0.1, 0.15) is 32.6 Å². The number of pyridine rings is 1. The molecular weight excluding hydrogens is 307 g/mol. The number of amides is 1. The molecule has 2 fully saturated rings. The Balaban J connectivity index is 1.55. The summed E-state index contributed by atoms with van der Waals surface area (Å²) < 4.78 is 13.9. The third kappa shape index (κ3) is 3.86. The summed E-state index contributed by atoms with van der Waals surface area (Å²) in [6.07, 6.45) is 6.31. The van der Waals surface area contributed by atoms with Crippen LogP contribution in [0.5, 0.6) is 0 Å². The van der Waals surface area contributed by atoms with Gasteiger partial charge in [-0.3, -0.25) is 9.69 Å². The Labute approximate surface area is 143 Å². The van der Waals surface area contributed by atoms with Gasteiger partial charge in [-0.25, -0.2) is 9.37 Å². The fourth-order valence-electron chi connectivity index (χ4n) is 3.64. The van der Waals surface area contributed by atoms with Gasteiger partial charge >= 0.3 is 0 Å². The van der Waals surface area contributed by atoms with Crippen LogP contribution in [0, 0.1) is 5.82 Å². The summed E-state index contributed by atoms with van der Waals surface area (Å²) in [5.74, 6) is 0.387. The van der Waals surface area contributed by atoms with E-state index in [9.17, 15) is 9.18 Å². The highest BCUT2D eigenvalue weighted by molar-refractivity contribution is 5.81. The summed E-state index contributed by atoms with van der Waals surface area (Å²) in [4.78, 5) is 23.1. The number of hydrogen-bond acceptors (Lipinski definition) is 4. The highest BCUT2D eigenvalue weighted by Gasteiger charge is 2.29. The fourth-order valence-corrected chi connectivity index (χ4v) is 3.64. The second-order valence-electron chi connectivity index (χ2n) is 6.75. The maximum atomic E-state index is 13.9. The van der Waals surface area contributed by atoms with E-state index in [0.29, 0.717) is 18.9 Å². The minimum Gasteiger partial charge on any atom is -0.352 e. The number of hydrogen-bond donors (Lipinski definition) is 0. The Kier molecular flexibility index (Phi) is 5.66. The summed E-state index contributed by atoms with van der Waals surface area (Å²) in [6.45, 7) is 6.71. The molecule has 1 aromatic rings. The molecule has 1 unspecified atom stereocenters. The molecule has 1 atom stereocenters. The van der Waals surface area contributed by atoms with Crippen LogP contribution in [0.3, 0.4) is 0 Å². The predicted octanol–water partition coefficient (Wildman–Crippen LogP) is 2.13. The average molecular weight is 334 g/mol. The van der Waals surface area contributed by atoms with Crippen LogP contribution in [0.2, 0.25) is 0 Å². The number of nitrogens with zero attached hydrogens (tertiary/aromatic N) is 4. The maximum Gasteiger partial charge on any atom is 0.239 e. The van der Waals surface area contributed by atoms with Gasteiger partial charge in [0, 0.05) is 45.5 Å². The summed E-state index contributed by atoms with van der Waals surface area (Å²) in [6, 6.07) is 2.95. The second kappa shape index (κ2) is 7.92. The van der Waals surface area contributed by atoms with E-state index in [0.717, 1.165) is 39.0 Å². The minimum absolute atomic E-state index is 0.0983. The van der Waals surface area contributed by atoms with Gasteiger partial charge < -0.3 is 9.80 Å². The Morgan fingerprint density at radius 1 is 1.08 bits per heavy atom. The molecule has 0 radical (unpaired) electrons. The Morgan fingerprint density at radius 3 is 2.38 bits per heavy atom. The molecule has 0 N–H and O–H groups in total. The molecule has 6 heteroatoms. The molecule has 3 rings (SSSR count). The number of carbonyl (C=O) groups excluding carboxylic acids is 1. The molecule has 0 aliphatic carbocycles. The summed E-state index contributed by atoms with van der Waals surface area (Å²) in [5, 5.41) is 0. The zero-order valence-corrected chi connectivity index (χ0v) is 14.5. The molecule has 0 aromatic carbocycles. The quantitative estimate of drug-likeness (QED) is 0.849. The van der Waals surface area contributed by atoms with E-state index in [1.807, 2.05) is 16.7 Å². The molecule has 2 aliphatic rings. The van der Waals surface area contributed by atoms with E-state index in [1.165, 1.54) is 18.9 Å². The van der Waals surface area contributed by atoms with Crippen LogP contribution in [0.15, 0.2) is 18.3 Å². The van der Waals surface area contributed by atoms with Crippen LogP contribution >= 0.6 is 0 Å². The first kappa shape index (κ1) is 17.1. The van der Waals surface area contributed by atoms with Crippen molar-refractivity contribution in [1.29, 1.82) is 0 Å². The first-order chi connectivity index (χ1) is 11.7. The lowest BCUT2D eigenvalue weighted by Gasteiger charge is -2.39. The van der Waals surface area contributed by atoms with Gasteiger partial charge in [0.05, 0.1) is 6.04 Å². The van der Waals surface area contributed by atoms with Gasteiger partial charge in [0.1, 0.15) is 0 Å². The molecular formula is C18H27FN4O. The van der Waals surface area contributed by atoms with Crippen molar-refractivity contribution in [3.05, 3.63) is 24.1 Å². The second-order valence-corrected chi connectivity index (χ2v) is 6.75. The lowest BCUT2D eigenvalue weighted by atomic mass is 10.2.